The normalized spacial score (nSPS) is 33.3. The van der Waals surface area contributed by atoms with Crippen molar-refractivity contribution < 1.29 is 19.3 Å². The van der Waals surface area contributed by atoms with E-state index in [1.165, 1.54) is 18.2 Å². The van der Waals surface area contributed by atoms with Gasteiger partial charge in [0.25, 0.3) is 5.69 Å². The van der Waals surface area contributed by atoms with Gasteiger partial charge in [-0.1, -0.05) is 32.9 Å². The molecule has 2 N–H and O–H groups in total. The highest BCUT2D eigenvalue weighted by Gasteiger charge is 2.60. The third-order valence-corrected chi connectivity index (χ3v) is 5.56. The first-order valence-corrected chi connectivity index (χ1v) is 8.40. The van der Waals surface area contributed by atoms with Gasteiger partial charge in [-0.25, -0.2) is 0 Å². The number of amides is 3. The van der Waals surface area contributed by atoms with E-state index in [4.69, 9.17) is 0 Å². The Morgan fingerprint density at radius 1 is 1.08 bits per heavy atom. The Morgan fingerprint density at radius 3 is 2.15 bits per heavy atom. The number of fused-ring (bicyclic) bond motifs is 2. The molecule has 1 aromatic carbocycles. The van der Waals surface area contributed by atoms with Crippen molar-refractivity contribution in [1.82, 2.24) is 5.32 Å². The van der Waals surface area contributed by atoms with Crippen molar-refractivity contribution in [3.8, 4) is 0 Å². The Hall–Kier alpha value is -2.77. The minimum Gasteiger partial charge on any atom is -0.320 e. The lowest BCUT2D eigenvalue weighted by Crippen LogP contribution is -2.63. The maximum atomic E-state index is 13.0. The van der Waals surface area contributed by atoms with Crippen molar-refractivity contribution in [2.45, 2.75) is 40.0 Å². The zero-order valence-electron chi connectivity index (χ0n) is 14.9. The third-order valence-electron chi connectivity index (χ3n) is 5.56. The molecule has 2 fully saturated rings. The molecule has 2 atom stereocenters. The number of hydrogen-bond acceptors (Lipinski definition) is 5. The molecule has 1 heterocycles. The lowest BCUT2D eigenvalue weighted by Gasteiger charge is -2.53. The number of imide groups is 1. The molecule has 26 heavy (non-hydrogen) atoms. The summed E-state index contributed by atoms with van der Waals surface area (Å²) in [6, 6.07) is 5.89. The Balaban J connectivity index is 1.93. The van der Waals surface area contributed by atoms with Crippen LogP contribution >= 0.6 is 0 Å². The highest BCUT2D eigenvalue weighted by atomic mass is 16.6. The van der Waals surface area contributed by atoms with Crippen LogP contribution in [0.15, 0.2) is 24.3 Å². The molecule has 138 valence electrons. The van der Waals surface area contributed by atoms with Crippen LogP contribution in [0, 0.1) is 26.4 Å². The highest BCUT2D eigenvalue weighted by molar-refractivity contribution is 6.05. The monoisotopic (exact) mass is 359 g/mol. The topological polar surface area (TPSA) is 118 Å². The van der Waals surface area contributed by atoms with Crippen molar-refractivity contribution in [1.29, 1.82) is 0 Å². The number of nitrogens with one attached hydrogen (secondary N) is 2. The molecule has 3 amide bonds. The van der Waals surface area contributed by atoms with Crippen LogP contribution in [0.1, 0.15) is 40.0 Å². The largest absolute Gasteiger partial charge is 0.320 e. The number of carbonyl (C=O) groups is 3. The molecular formula is C18H21N3O5. The minimum absolute atomic E-state index is 0.102. The number of para-hydroxylation sites is 2. The fourth-order valence-electron chi connectivity index (χ4n) is 4.67. The second kappa shape index (κ2) is 5.62. The average Bonchev–Trinajstić information content (AvgIpc) is 2.52. The Bertz CT molecular complexity index is 808. The van der Waals surface area contributed by atoms with E-state index in [0.717, 1.165) is 0 Å². The van der Waals surface area contributed by atoms with Gasteiger partial charge in [-0.15, -0.1) is 0 Å². The van der Waals surface area contributed by atoms with Gasteiger partial charge in [-0.05, 0) is 25.3 Å². The van der Waals surface area contributed by atoms with Crippen LogP contribution in [0.25, 0.3) is 0 Å². The number of hydrogen-bond donors (Lipinski definition) is 2. The molecule has 8 nitrogen and oxygen atoms in total. The number of piperidine rings is 1. The van der Waals surface area contributed by atoms with E-state index < -0.39 is 27.1 Å². The van der Waals surface area contributed by atoms with E-state index in [-0.39, 0.29) is 36.0 Å². The lowest BCUT2D eigenvalue weighted by atomic mass is 9.52. The Kier molecular flexibility index (Phi) is 3.90. The van der Waals surface area contributed by atoms with Gasteiger partial charge < -0.3 is 5.32 Å². The molecule has 0 aromatic heterocycles. The summed E-state index contributed by atoms with van der Waals surface area (Å²) in [5.41, 5.74) is -2.78. The minimum atomic E-state index is -1.00. The zero-order valence-corrected chi connectivity index (χ0v) is 14.9. The fraction of sp³-hybridized carbons (Fsp3) is 0.500. The molecule has 3 rings (SSSR count). The van der Waals surface area contributed by atoms with Crippen LogP contribution in [0.4, 0.5) is 11.4 Å². The standard InChI is InChI=1S/C18H21N3O5/c1-16(13(22)19-11-6-4-5-7-12(11)21(25)26)8-17(2)10-18(3,9-16)15(24)20-14(17)23/h4-7H,8-10H2,1-3H3,(H,19,22)(H,20,23,24). The quantitative estimate of drug-likeness (QED) is 0.488. The molecule has 0 spiro atoms. The van der Waals surface area contributed by atoms with Crippen molar-refractivity contribution in [2.75, 3.05) is 5.32 Å². The van der Waals surface area contributed by atoms with Gasteiger partial charge in [0.15, 0.2) is 0 Å². The summed E-state index contributed by atoms with van der Waals surface area (Å²) < 4.78 is 0. The highest BCUT2D eigenvalue weighted by Crippen LogP contribution is 2.56. The van der Waals surface area contributed by atoms with Crippen LogP contribution in [-0.4, -0.2) is 22.6 Å². The number of nitrogens with zero attached hydrogens (tertiary/aromatic N) is 1. The number of anilines is 1. The first kappa shape index (κ1) is 18.0. The smallest absolute Gasteiger partial charge is 0.292 e. The first-order chi connectivity index (χ1) is 12.0. The molecule has 1 aromatic rings. The summed E-state index contributed by atoms with van der Waals surface area (Å²) in [4.78, 5) is 48.3. The lowest BCUT2D eigenvalue weighted by molar-refractivity contribution is -0.383. The van der Waals surface area contributed by atoms with Gasteiger partial charge in [0.1, 0.15) is 5.69 Å². The predicted molar refractivity (Wildman–Crippen MR) is 93.0 cm³/mol. The van der Waals surface area contributed by atoms with Gasteiger partial charge in [0.2, 0.25) is 17.7 Å². The van der Waals surface area contributed by atoms with E-state index in [9.17, 15) is 24.5 Å². The number of nitro groups is 1. The molecule has 1 aliphatic carbocycles. The van der Waals surface area contributed by atoms with Gasteiger partial charge in [-0.3, -0.25) is 29.8 Å². The van der Waals surface area contributed by atoms with E-state index in [1.54, 1.807) is 26.8 Å². The van der Waals surface area contributed by atoms with Crippen molar-refractivity contribution >= 4 is 29.1 Å². The number of benzene rings is 1. The maximum Gasteiger partial charge on any atom is 0.292 e. The van der Waals surface area contributed by atoms with E-state index in [2.05, 4.69) is 10.6 Å². The molecule has 8 heteroatoms. The number of carbonyl (C=O) groups excluding carboxylic acids is 3. The molecule has 2 unspecified atom stereocenters. The molecule has 2 bridgehead atoms. The van der Waals surface area contributed by atoms with Crippen LogP contribution in [0.3, 0.4) is 0 Å². The van der Waals surface area contributed by atoms with Crippen molar-refractivity contribution in [2.24, 2.45) is 16.2 Å². The summed E-state index contributed by atoms with van der Waals surface area (Å²) in [7, 11) is 0. The summed E-state index contributed by atoms with van der Waals surface area (Å²) in [6.07, 6.45) is 0.918. The SMILES string of the molecule is CC12CC(C)(CC(C)(C(=O)Nc3ccccc3[N+](=O)[O-])C1)C(=O)NC2=O. The van der Waals surface area contributed by atoms with Crippen molar-refractivity contribution in [3.05, 3.63) is 34.4 Å². The fourth-order valence-corrected chi connectivity index (χ4v) is 4.67. The predicted octanol–water partition coefficient (Wildman–Crippen LogP) is 2.39. The molecule has 1 aliphatic heterocycles. The summed E-state index contributed by atoms with van der Waals surface area (Å²) >= 11 is 0. The average molecular weight is 359 g/mol. The second-order valence-electron chi connectivity index (χ2n) is 8.22. The zero-order chi connectivity index (χ0) is 19.3. The van der Waals surface area contributed by atoms with Crippen molar-refractivity contribution in [3.63, 3.8) is 0 Å². The summed E-state index contributed by atoms with van der Waals surface area (Å²) in [6.45, 7) is 5.21. The molecule has 1 saturated heterocycles. The van der Waals surface area contributed by atoms with E-state index >= 15 is 0 Å². The van der Waals surface area contributed by atoms with Crippen LogP contribution in [0.5, 0.6) is 0 Å². The molecule has 1 saturated carbocycles. The first-order valence-electron chi connectivity index (χ1n) is 8.40. The van der Waals surface area contributed by atoms with Gasteiger partial charge >= 0.3 is 0 Å². The second-order valence-corrected chi connectivity index (χ2v) is 8.22. The third kappa shape index (κ3) is 2.75. The van der Waals surface area contributed by atoms with Crippen LogP contribution in [-0.2, 0) is 14.4 Å². The summed E-state index contributed by atoms with van der Waals surface area (Å²) in [5.74, 6) is -1.17. The number of nitro benzene ring substituents is 1. The Labute approximate surface area is 150 Å². The molecule has 0 radical (unpaired) electrons. The van der Waals surface area contributed by atoms with Gasteiger partial charge in [-0.2, -0.15) is 0 Å². The maximum absolute atomic E-state index is 13.0. The van der Waals surface area contributed by atoms with Crippen LogP contribution < -0.4 is 10.6 Å². The number of rotatable bonds is 3. The molecule has 2 aliphatic rings. The molecular weight excluding hydrogens is 338 g/mol. The van der Waals surface area contributed by atoms with Gasteiger partial charge in [0, 0.05) is 22.3 Å². The van der Waals surface area contributed by atoms with Gasteiger partial charge in [0.05, 0.1) is 4.92 Å². The van der Waals surface area contributed by atoms with E-state index in [0.29, 0.717) is 6.42 Å². The Morgan fingerprint density at radius 2 is 1.62 bits per heavy atom. The summed E-state index contributed by atoms with van der Waals surface area (Å²) in [5, 5.41) is 16.2. The van der Waals surface area contributed by atoms with E-state index in [1.807, 2.05) is 0 Å². The van der Waals surface area contributed by atoms with Crippen LogP contribution in [0.2, 0.25) is 0 Å².